The van der Waals surface area contributed by atoms with Gasteiger partial charge in [0, 0.05) is 36.4 Å². The minimum atomic E-state index is -0.473. The van der Waals surface area contributed by atoms with Gasteiger partial charge < -0.3 is 9.53 Å². The molecular weight excluding hydrogens is 530 g/mol. The number of rotatable bonds is 8. The highest BCUT2D eigenvalue weighted by Crippen LogP contribution is 2.72. The van der Waals surface area contributed by atoms with Gasteiger partial charge in [0.2, 0.25) is 0 Å². The van der Waals surface area contributed by atoms with Crippen molar-refractivity contribution in [2.45, 2.75) is 119 Å². The number of allylic oxidation sites excluding steroid dienone is 4. The van der Waals surface area contributed by atoms with Crippen LogP contribution in [0.5, 0.6) is 0 Å². The van der Waals surface area contributed by atoms with E-state index in [1.54, 1.807) is 0 Å². The van der Waals surface area contributed by atoms with Gasteiger partial charge in [0.1, 0.15) is 18.1 Å². The molecule has 4 fully saturated rings. The molecule has 0 aliphatic heterocycles. The molecule has 0 aromatic heterocycles. The van der Waals surface area contributed by atoms with Crippen LogP contribution in [0.4, 0.5) is 0 Å². The fourth-order valence-corrected chi connectivity index (χ4v) is 11.7. The zero-order chi connectivity index (χ0) is 31.5. The lowest BCUT2D eigenvalue weighted by atomic mass is 9.38. The Morgan fingerprint density at radius 3 is 2.35 bits per heavy atom. The van der Waals surface area contributed by atoms with Crippen molar-refractivity contribution in [1.82, 2.24) is 0 Å². The molecule has 43 heavy (non-hydrogen) atoms. The Morgan fingerprint density at radius 1 is 1.09 bits per heavy atom. The number of ether oxygens (including phenoxy) is 1. The van der Waals surface area contributed by atoms with Crippen LogP contribution in [0.2, 0.25) is 0 Å². The van der Waals surface area contributed by atoms with Crippen LogP contribution in [-0.2, 0) is 14.3 Å². The lowest BCUT2D eigenvalue weighted by molar-refractivity contribution is -0.180. The molecule has 0 bridgehead atoms. The van der Waals surface area contributed by atoms with Crippen molar-refractivity contribution in [3.63, 3.8) is 0 Å². The standard InChI is InChI=1S/C39H57NO3/c1-11-26(21-36(6,7)23-41)43-31-17-19-37(8)28(25(31)5)15-18-38(9)29-16-20-39(33(12-2)40-10)22-30(42)34(24(3)4)35(39)27(29)13-14-32(37)38/h12,23-25,27-29,31-32H,1-2,13-22H2,3-10H3. The molecule has 5 aliphatic rings. The van der Waals surface area contributed by atoms with Crippen LogP contribution in [0, 0.1) is 57.2 Å². The molecule has 0 radical (unpaired) electrons. The Morgan fingerprint density at radius 2 is 1.74 bits per heavy atom. The van der Waals surface area contributed by atoms with Gasteiger partial charge in [-0.15, -0.1) is 0 Å². The van der Waals surface area contributed by atoms with Crippen LogP contribution in [0.25, 0.3) is 0 Å². The van der Waals surface area contributed by atoms with E-state index in [1.165, 1.54) is 44.1 Å². The normalized spacial score (nSPS) is 41.0. The van der Waals surface area contributed by atoms with Crippen molar-refractivity contribution < 1.29 is 14.3 Å². The molecule has 9 atom stereocenters. The predicted octanol–water partition coefficient (Wildman–Crippen LogP) is 9.11. The van der Waals surface area contributed by atoms with Crippen LogP contribution < -0.4 is 0 Å². The summed E-state index contributed by atoms with van der Waals surface area (Å²) in [4.78, 5) is 30.0. The SMILES string of the molecule is C=C=C(CC(C)(C)C=O)OC1CCC2(C)C(CCC3(C)C4CCC5(C(C=C)=NC)CC(=O)C(C(C)C)=C5C4CCC32)C1C. The van der Waals surface area contributed by atoms with Gasteiger partial charge in [0.25, 0.3) is 0 Å². The summed E-state index contributed by atoms with van der Waals surface area (Å²) in [7, 11) is 1.88. The molecule has 0 aromatic carbocycles. The summed E-state index contributed by atoms with van der Waals surface area (Å²) >= 11 is 0. The molecule has 236 valence electrons. The van der Waals surface area contributed by atoms with E-state index in [0.717, 1.165) is 36.2 Å². The van der Waals surface area contributed by atoms with Crippen molar-refractivity contribution in [2.24, 2.45) is 62.2 Å². The van der Waals surface area contributed by atoms with Crippen molar-refractivity contribution in [1.29, 1.82) is 0 Å². The van der Waals surface area contributed by atoms with Crippen molar-refractivity contribution in [3.05, 3.63) is 41.9 Å². The topological polar surface area (TPSA) is 55.7 Å². The summed E-state index contributed by atoms with van der Waals surface area (Å²) < 4.78 is 6.60. The van der Waals surface area contributed by atoms with Gasteiger partial charge in [-0.1, -0.05) is 67.4 Å². The number of hydrogen-bond donors (Lipinski definition) is 0. The summed E-state index contributed by atoms with van der Waals surface area (Å²) in [5, 5.41) is 0. The Labute approximate surface area is 261 Å². The highest BCUT2D eigenvalue weighted by molar-refractivity contribution is 6.11. The van der Waals surface area contributed by atoms with Crippen LogP contribution >= 0.6 is 0 Å². The van der Waals surface area contributed by atoms with Gasteiger partial charge in [-0.25, -0.2) is 0 Å². The Balaban J connectivity index is 1.43. The molecule has 4 saturated carbocycles. The quantitative estimate of drug-likeness (QED) is 0.123. The first-order chi connectivity index (χ1) is 20.2. The van der Waals surface area contributed by atoms with E-state index in [9.17, 15) is 9.59 Å². The predicted molar refractivity (Wildman–Crippen MR) is 176 cm³/mol. The second-order valence-electron chi connectivity index (χ2n) is 16.5. The highest BCUT2D eigenvalue weighted by Gasteiger charge is 2.65. The first kappa shape index (κ1) is 32.2. The summed E-state index contributed by atoms with van der Waals surface area (Å²) in [6, 6.07) is 0. The fraction of sp³-hybridized carbons (Fsp3) is 0.744. The van der Waals surface area contributed by atoms with Gasteiger partial charge in [0.05, 0.1) is 0 Å². The Kier molecular flexibility index (Phi) is 8.47. The van der Waals surface area contributed by atoms with Gasteiger partial charge in [0.15, 0.2) is 5.78 Å². The molecule has 0 saturated heterocycles. The number of ketones is 1. The molecule has 0 heterocycles. The molecular formula is C39H57NO3. The third-order valence-electron chi connectivity index (χ3n) is 13.5. The lowest BCUT2D eigenvalue weighted by Gasteiger charge is -2.67. The first-order valence-electron chi connectivity index (χ1n) is 17.1. The van der Waals surface area contributed by atoms with E-state index in [2.05, 4.69) is 53.5 Å². The molecule has 5 rings (SSSR count). The number of hydrogen-bond acceptors (Lipinski definition) is 4. The maximum absolute atomic E-state index is 13.7. The molecule has 0 spiro atoms. The van der Waals surface area contributed by atoms with E-state index in [1.807, 2.05) is 27.0 Å². The minimum Gasteiger partial charge on any atom is -0.486 e. The maximum Gasteiger partial charge on any atom is 0.160 e. The molecule has 5 aliphatic carbocycles. The average Bonchev–Trinajstić information content (AvgIpc) is 3.27. The molecule has 9 unspecified atom stereocenters. The van der Waals surface area contributed by atoms with E-state index < -0.39 is 5.41 Å². The zero-order valence-corrected chi connectivity index (χ0v) is 28.4. The van der Waals surface area contributed by atoms with Crippen LogP contribution in [0.3, 0.4) is 0 Å². The third kappa shape index (κ3) is 4.90. The third-order valence-corrected chi connectivity index (χ3v) is 13.5. The molecule has 0 aromatic rings. The highest BCUT2D eigenvalue weighted by atomic mass is 16.5. The van der Waals surface area contributed by atoms with Gasteiger partial charge in [-0.2, -0.15) is 0 Å². The van der Waals surface area contributed by atoms with Crippen LogP contribution in [0.1, 0.15) is 113 Å². The van der Waals surface area contributed by atoms with Crippen molar-refractivity contribution >= 4 is 17.8 Å². The van der Waals surface area contributed by atoms with Gasteiger partial charge >= 0.3 is 0 Å². The number of aliphatic imine (C=N–C) groups is 1. The van der Waals surface area contributed by atoms with Crippen LogP contribution in [-0.4, -0.2) is 30.9 Å². The monoisotopic (exact) mass is 587 g/mol. The van der Waals surface area contributed by atoms with E-state index >= 15 is 0 Å². The number of aldehydes is 1. The first-order valence-corrected chi connectivity index (χ1v) is 17.1. The van der Waals surface area contributed by atoms with Crippen LogP contribution in [0.15, 0.2) is 46.9 Å². The van der Waals surface area contributed by atoms with E-state index in [0.29, 0.717) is 48.2 Å². The van der Waals surface area contributed by atoms with Crippen molar-refractivity contribution in [3.8, 4) is 0 Å². The lowest BCUT2D eigenvalue weighted by Crippen LogP contribution is -2.60. The average molecular weight is 588 g/mol. The van der Waals surface area contributed by atoms with Gasteiger partial charge in [-0.3, -0.25) is 9.79 Å². The van der Waals surface area contributed by atoms with E-state index in [-0.39, 0.29) is 28.3 Å². The summed E-state index contributed by atoms with van der Waals surface area (Å²) in [6.07, 6.45) is 13.5. The fourth-order valence-electron chi connectivity index (χ4n) is 11.7. The summed E-state index contributed by atoms with van der Waals surface area (Å²) in [5.74, 6) is 4.15. The maximum atomic E-state index is 13.7. The Bertz CT molecular complexity index is 1280. The number of Topliss-reactive ketones (excluding diaryl/α,β-unsaturated/α-hetero) is 1. The van der Waals surface area contributed by atoms with E-state index in [4.69, 9.17) is 9.73 Å². The number of nitrogens with zero attached hydrogens (tertiary/aromatic N) is 1. The molecule has 0 N–H and O–H groups in total. The summed E-state index contributed by atoms with van der Waals surface area (Å²) in [5.41, 5.74) is 6.47. The van der Waals surface area contributed by atoms with Gasteiger partial charge in [-0.05, 0) is 115 Å². The minimum absolute atomic E-state index is 0.148. The second kappa shape index (κ2) is 11.3. The smallest absolute Gasteiger partial charge is 0.160 e. The number of fused-ring (bicyclic) bond motifs is 7. The molecule has 4 nitrogen and oxygen atoms in total. The zero-order valence-electron chi connectivity index (χ0n) is 28.4. The second-order valence-corrected chi connectivity index (χ2v) is 16.5. The number of carbonyl (C=O) groups is 2. The Hall–Kier alpha value is -2.19. The summed E-state index contributed by atoms with van der Waals surface area (Å²) in [6.45, 7) is 24.0. The number of carbonyl (C=O) groups excluding carboxylic acids is 2. The molecule has 4 heteroatoms. The van der Waals surface area contributed by atoms with Crippen molar-refractivity contribution in [2.75, 3.05) is 7.05 Å². The largest absolute Gasteiger partial charge is 0.486 e. The molecule has 0 amide bonds.